The van der Waals surface area contributed by atoms with Crippen LogP contribution in [0.15, 0.2) is 4.60 Å². The average molecular weight is 244 g/mol. The van der Waals surface area contributed by atoms with Crippen molar-refractivity contribution < 1.29 is 9.53 Å². The lowest BCUT2D eigenvalue weighted by molar-refractivity contribution is 0.0596. The van der Waals surface area contributed by atoms with Crippen LogP contribution in [0.25, 0.3) is 0 Å². The van der Waals surface area contributed by atoms with E-state index in [4.69, 9.17) is 11.0 Å². The quantitative estimate of drug-likeness (QED) is 0.721. The number of nitrogen functional groups attached to an aromatic ring is 1. The van der Waals surface area contributed by atoms with E-state index in [1.807, 2.05) is 6.07 Å². The smallest absolute Gasteiger partial charge is 0.356 e. The highest BCUT2D eigenvalue weighted by Crippen LogP contribution is 2.25. The normalized spacial score (nSPS) is 9.31. The zero-order chi connectivity index (χ0) is 10.0. The summed E-state index contributed by atoms with van der Waals surface area (Å²) in [6, 6.07) is 1.85. The summed E-state index contributed by atoms with van der Waals surface area (Å²) < 4.78 is 4.83. The molecule has 0 fully saturated rings. The highest BCUT2D eigenvalue weighted by molar-refractivity contribution is 9.10. The van der Waals surface area contributed by atoms with Crippen molar-refractivity contribution in [3.8, 4) is 6.07 Å². The minimum atomic E-state index is -0.597. The Labute approximate surface area is 82.6 Å². The summed E-state index contributed by atoms with van der Waals surface area (Å²) in [5, 5.41) is 8.63. The van der Waals surface area contributed by atoms with Gasteiger partial charge in [-0.2, -0.15) is 5.26 Å². The Bertz CT molecular complexity index is 391. The van der Waals surface area contributed by atoms with Gasteiger partial charge in [0.2, 0.25) is 0 Å². The van der Waals surface area contributed by atoms with Crippen LogP contribution in [0.3, 0.4) is 0 Å². The fourth-order valence-corrected chi connectivity index (χ4v) is 1.36. The van der Waals surface area contributed by atoms with Gasteiger partial charge in [-0.05, 0) is 15.9 Å². The van der Waals surface area contributed by atoms with Crippen LogP contribution in [0.2, 0.25) is 0 Å². The minimum absolute atomic E-state index is 0.0888. The number of nitrogens with zero attached hydrogens (tertiary/aromatic N) is 1. The van der Waals surface area contributed by atoms with E-state index in [-0.39, 0.29) is 16.9 Å². The number of hydrogen-bond acceptors (Lipinski definition) is 4. The van der Waals surface area contributed by atoms with Crippen molar-refractivity contribution in [3.05, 3.63) is 15.9 Å². The third-order valence-corrected chi connectivity index (χ3v) is 2.09. The van der Waals surface area contributed by atoms with Gasteiger partial charge in [0.1, 0.15) is 16.2 Å². The number of carbonyl (C=O) groups is 1. The number of rotatable bonds is 1. The van der Waals surface area contributed by atoms with Gasteiger partial charge in [-0.25, -0.2) is 4.79 Å². The number of nitrogens with two attached hydrogens (primary N) is 1. The Kier molecular flexibility index (Phi) is 2.58. The van der Waals surface area contributed by atoms with Crippen molar-refractivity contribution in [1.82, 2.24) is 4.98 Å². The van der Waals surface area contributed by atoms with Crippen molar-refractivity contribution in [3.63, 3.8) is 0 Å². The van der Waals surface area contributed by atoms with Crippen LogP contribution < -0.4 is 5.73 Å². The molecule has 0 aliphatic carbocycles. The highest BCUT2D eigenvalue weighted by Gasteiger charge is 2.18. The molecule has 5 nitrogen and oxygen atoms in total. The molecule has 13 heavy (non-hydrogen) atoms. The lowest BCUT2D eigenvalue weighted by Crippen LogP contribution is -2.04. The maximum Gasteiger partial charge on any atom is 0.356 e. The first-order valence-electron chi connectivity index (χ1n) is 3.27. The van der Waals surface area contributed by atoms with Gasteiger partial charge in [0.25, 0.3) is 0 Å². The van der Waals surface area contributed by atoms with Gasteiger partial charge in [0.05, 0.1) is 12.8 Å². The van der Waals surface area contributed by atoms with Crippen molar-refractivity contribution in [2.45, 2.75) is 0 Å². The Morgan fingerprint density at radius 2 is 2.38 bits per heavy atom. The summed E-state index contributed by atoms with van der Waals surface area (Å²) >= 11 is 3.06. The van der Waals surface area contributed by atoms with E-state index in [2.05, 4.69) is 25.7 Å². The molecule has 0 spiro atoms. The SMILES string of the molecule is COC(=O)c1[nH]c(Br)c(C#N)c1N. The molecule has 0 aliphatic rings. The van der Waals surface area contributed by atoms with Gasteiger partial charge in [-0.1, -0.05) is 0 Å². The number of nitriles is 1. The molecule has 68 valence electrons. The van der Waals surface area contributed by atoms with Gasteiger partial charge in [-0.3, -0.25) is 0 Å². The molecule has 1 aromatic rings. The second kappa shape index (κ2) is 3.49. The Hall–Kier alpha value is -1.48. The first-order valence-corrected chi connectivity index (χ1v) is 4.06. The number of methoxy groups -OCH3 is 1. The third-order valence-electron chi connectivity index (χ3n) is 1.49. The van der Waals surface area contributed by atoms with Crippen molar-refractivity contribution in [1.29, 1.82) is 5.26 Å². The van der Waals surface area contributed by atoms with E-state index in [1.165, 1.54) is 7.11 Å². The van der Waals surface area contributed by atoms with E-state index < -0.39 is 5.97 Å². The van der Waals surface area contributed by atoms with E-state index >= 15 is 0 Å². The van der Waals surface area contributed by atoms with Gasteiger partial charge < -0.3 is 15.5 Å². The van der Waals surface area contributed by atoms with Crippen LogP contribution in [-0.4, -0.2) is 18.1 Å². The zero-order valence-electron chi connectivity index (χ0n) is 6.72. The summed E-state index contributed by atoms with van der Waals surface area (Å²) in [7, 11) is 1.24. The minimum Gasteiger partial charge on any atom is -0.464 e. The number of ether oxygens (including phenoxy) is 1. The fraction of sp³-hybridized carbons (Fsp3) is 0.143. The number of anilines is 1. The molecule has 1 heterocycles. The molecule has 1 aromatic heterocycles. The predicted molar refractivity (Wildman–Crippen MR) is 49.0 cm³/mol. The summed E-state index contributed by atoms with van der Waals surface area (Å²) in [5.74, 6) is -0.597. The number of aromatic amines is 1. The van der Waals surface area contributed by atoms with E-state index in [9.17, 15) is 4.79 Å². The topological polar surface area (TPSA) is 91.9 Å². The first-order chi connectivity index (χ1) is 6.11. The highest BCUT2D eigenvalue weighted by atomic mass is 79.9. The van der Waals surface area contributed by atoms with Gasteiger partial charge in [-0.15, -0.1) is 0 Å². The van der Waals surface area contributed by atoms with Crippen LogP contribution in [0, 0.1) is 11.3 Å². The zero-order valence-corrected chi connectivity index (χ0v) is 8.31. The van der Waals surface area contributed by atoms with Gasteiger partial charge in [0, 0.05) is 0 Å². The van der Waals surface area contributed by atoms with Gasteiger partial charge >= 0.3 is 5.97 Å². The Morgan fingerprint density at radius 1 is 1.77 bits per heavy atom. The summed E-state index contributed by atoms with van der Waals surface area (Å²) in [5.41, 5.74) is 5.90. The molecule has 1 rings (SSSR count). The summed E-state index contributed by atoms with van der Waals surface area (Å²) in [6.07, 6.45) is 0. The second-order valence-electron chi connectivity index (χ2n) is 2.21. The molecule has 0 saturated carbocycles. The number of aromatic nitrogens is 1. The second-order valence-corrected chi connectivity index (χ2v) is 3.00. The Morgan fingerprint density at radius 3 is 2.77 bits per heavy atom. The number of nitrogens with one attached hydrogen (secondary N) is 1. The molecule has 0 aromatic carbocycles. The van der Waals surface area contributed by atoms with E-state index in [0.29, 0.717) is 4.60 Å². The van der Waals surface area contributed by atoms with Crippen molar-refractivity contribution >= 4 is 27.6 Å². The lowest BCUT2D eigenvalue weighted by atomic mass is 10.3. The lowest BCUT2D eigenvalue weighted by Gasteiger charge is -1.95. The van der Waals surface area contributed by atoms with Crippen LogP contribution in [0.4, 0.5) is 5.69 Å². The average Bonchev–Trinajstić information content (AvgIpc) is 2.40. The molecule has 0 bridgehead atoms. The van der Waals surface area contributed by atoms with Crippen LogP contribution >= 0.6 is 15.9 Å². The van der Waals surface area contributed by atoms with Gasteiger partial charge in [0.15, 0.2) is 5.69 Å². The third kappa shape index (κ3) is 1.51. The van der Waals surface area contributed by atoms with Crippen molar-refractivity contribution in [2.24, 2.45) is 0 Å². The molecule has 0 amide bonds. The maximum absolute atomic E-state index is 11.1. The van der Waals surface area contributed by atoms with Crippen LogP contribution in [-0.2, 0) is 4.74 Å². The first kappa shape index (κ1) is 9.61. The molecular weight excluding hydrogens is 238 g/mol. The molecule has 6 heteroatoms. The molecule has 0 radical (unpaired) electrons. The number of carbonyl (C=O) groups excluding carboxylic acids is 1. The molecule has 3 N–H and O–H groups in total. The number of halogens is 1. The summed E-state index contributed by atoms with van der Waals surface area (Å²) in [4.78, 5) is 13.7. The van der Waals surface area contributed by atoms with Crippen LogP contribution in [0.1, 0.15) is 16.1 Å². The standard InChI is InChI=1S/C7H6BrN3O2/c1-13-7(12)5-4(10)3(2-9)6(8)11-5/h11H,10H2,1H3. The molecule has 0 atom stereocenters. The molecule has 0 saturated heterocycles. The molecule has 0 unspecified atom stereocenters. The monoisotopic (exact) mass is 243 g/mol. The maximum atomic E-state index is 11.1. The number of H-pyrrole nitrogens is 1. The van der Waals surface area contributed by atoms with Crippen LogP contribution in [0.5, 0.6) is 0 Å². The van der Waals surface area contributed by atoms with E-state index in [0.717, 1.165) is 0 Å². The summed E-state index contributed by atoms with van der Waals surface area (Å²) in [6.45, 7) is 0. The number of hydrogen-bond donors (Lipinski definition) is 2. The largest absolute Gasteiger partial charge is 0.464 e. The van der Waals surface area contributed by atoms with E-state index in [1.54, 1.807) is 0 Å². The molecular formula is C7H6BrN3O2. The Balaban J connectivity index is 3.28. The molecule has 0 aliphatic heterocycles. The number of esters is 1. The van der Waals surface area contributed by atoms with Crippen molar-refractivity contribution in [2.75, 3.05) is 12.8 Å². The predicted octanol–water partition coefficient (Wildman–Crippen LogP) is 1.02. The fourth-order valence-electron chi connectivity index (χ4n) is 0.855.